The van der Waals surface area contributed by atoms with Crippen molar-refractivity contribution in [1.82, 2.24) is 10.3 Å². The van der Waals surface area contributed by atoms with Crippen LogP contribution in [0.5, 0.6) is 5.75 Å². The molecule has 0 saturated heterocycles. The summed E-state index contributed by atoms with van der Waals surface area (Å²) in [5.41, 5.74) is 3.22. The summed E-state index contributed by atoms with van der Waals surface area (Å²) in [5.74, 6) is 0.106. The van der Waals surface area contributed by atoms with Gasteiger partial charge in [0.05, 0.1) is 0 Å². The monoisotopic (exact) mass is 425 g/mol. The number of carbonyl (C=O) groups excluding carboxylic acids is 1. The minimum atomic E-state index is -0.165. The SMILES string of the molecule is CC(NCc1ccc(NC(=O)c2ccncc2)cc1)c1cc(Br)ccc1O. The summed E-state index contributed by atoms with van der Waals surface area (Å²) in [6, 6.07) is 16.4. The molecule has 1 atom stereocenters. The molecule has 1 amide bonds. The Hall–Kier alpha value is -2.70. The van der Waals surface area contributed by atoms with E-state index in [1.807, 2.05) is 43.3 Å². The third kappa shape index (κ3) is 5.15. The molecule has 0 saturated carbocycles. The first-order valence-corrected chi connectivity index (χ1v) is 9.34. The van der Waals surface area contributed by atoms with Crippen molar-refractivity contribution in [2.24, 2.45) is 0 Å². The van der Waals surface area contributed by atoms with E-state index in [1.165, 1.54) is 0 Å². The van der Waals surface area contributed by atoms with E-state index < -0.39 is 0 Å². The molecule has 0 aliphatic rings. The molecule has 3 rings (SSSR count). The first kappa shape index (κ1) is 19.1. The van der Waals surface area contributed by atoms with Crippen molar-refractivity contribution >= 4 is 27.5 Å². The van der Waals surface area contributed by atoms with Crippen molar-refractivity contribution in [3.05, 3.63) is 88.2 Å². The second kappa shape index (κ2) is 8.79. The molecule has 138 valence electrons. The Bertz CT molecular complexity index is 914. The molecule has 1 aromatic heterocycles. The highest BCUT2D eigenvalue weighted by Crippen LogP contribution is 2.27. The van der Waals surface area contributed by atoms with Gasteiger partial charge in [-0.05, 0) is 55.0 Å². The first-order chi connectivity index (χ1) is 13.0. The Labute approximate surface area is 166 Å². The zero-order valence-corrected chi connectivity index (χ0v) is 16.4. The molecular formula is C21H20BrN3O2. The van der Waals surface area contributed by atoms with Gasteiger partial charge in [0, 0.05) is 46.3 Å². The van der Waals surface area contributed by atoms with Crippen LogP contribution in [0.3, 0.4) is 0 Å². The van der Waals surface area contributed by atoms with Crippen LogP contribution in [0.2, 0.25) is 0 Å². The maximum absolute atomic E-state index is 12.2. The fraction of sp³-hybridized carbons (Fsp3) is 0.143. The molecule has 5 nitrogen and oxygen atoms in total. The fourth-order valence-electron chi connectivity index (χ4n) is 2.67. The van der Waals surface area contributed by atoms with Crippen molar-refractivity contribution < 1.29 is 9.90 Å². The number of aromatic nitrogens is 1. The smallest absolute Gasteiger partial charge is 0.255 e. The van der Waals surface area contributed by atoms with Crippen molar-refractivity contribution in [2.45, 2.75) is 19.5 Å². The van der Waals surface area contributed by atoms with Gasteiger partial charge in [0.15, 0.2) is 0 Å². The lowest BCUT2D eigenvalue weighted by Gasteiger charge is -2.16. The lowest BCUT2D eigenvalue weighted by atomic mass is 10.1. The van der Waals surface area contributed by atoms with Crippen molar-refractivity contribution in [1.29, 1.82) is 0 Å². The van der Waals surface area contributed by atoms with Gasteiger partial charge < -0.3 is 15.7 Å². The summed E-state index contributed by atoms with van der Waals surface area (Å²) < 4.78 is 0.929. The Morgan fingerprint density at radius 1 is 1.11 bits per heavy atom. The number of rotatable bonds is 6. The first-order valence-electron chi connectivity index (χ1n) is 8.55. The van der Waals surface area contributed by atoms with E-state index in [0.29, 0.717) is 12.1 Å². The third-order valence-corrected chi connectivity index (χ3v) is 4.72. The maximum atomic E-state index is 12.2. The minimum Gasteiger partial charge on any atom is -0.508 e. The van der Waals surface area contributed by atoms with Crippen LogP contribution in [-0.4, -0.2) is 16.0 Å². The molecule has 0 spiro atoms. The minimum absolute atomic E-state index is 0.00595. The number of nitrogens with one attached hydrogen (secondary N) is 2. The van der Waals surface area contributed by atoms with Crippen LogP contribution in [-0.2, 0) is 6.54 Å². The number of phenols is 1. The summed E-state index contributed by atoms with van der Waals surface area (Å²) in [7, 11) is 0. The molecule has 0 fully saturated rings. The van der Waals surface area contributed by atoms with Gasteiger partial charge in [-0.1, -0.05) is 28.1 Å². The van der Waals surface area contributed by atoms with Gasteiger partial charge in [-0.2, -0.15) is 0 Å². The summed E-state index contributed by atoms with van der Waals surface area (Å²) in [4.78, 5) is 16.1. The Kier molecular flexibility index (Phi) is 6.21. The predicted octanol–water partition coefficient (Wildman–Crippen LogP) is 4.65. The van der Waals surface area contributed by atoms with Crippen molar-refractivity contribution in [3.8, 4) is 5.75 Å². The van der Waals surface area contributed by atoms with Crippen LogP contribution in [0.25, 0.3) is 0 Å². The van der Waals surface area contributed by atoms with Gasteiger partial charge in [0.1, 0.15) is 5.75 Å². The van der Waals surface area contributed by atoms with Gasteiger partial charge in [0.2, 0.25) is 0 Å². The molecule has 0 bridgehead atoms. The molecule has 3 aromatic rings. The van der Waals surface area contributed by atoms with Crippen molar-refractivity contribution in [2.75, 3.05) is 5.32 Å². The molecule has 2 aromatic carbocycles. The molecule has 0 aliphatic heterocycles. The van der Waals surface area contributed by atoms with E-state index >= 15 is 0 Å². The van der Waals surface area contributed by atoms with E-state index in [4.69, 9.17) is 0 Å². The van der Waals surface area contributed by atoms with Crippen LogP contribution in [0.1, 0.15) is 34.5 Å². The van der Waals surface area contributed by atoms with Crippen LogP contribution in [0.4, 0.5) is 5.69 Å². The Balaban J connectivity index is 1.57. The van der Waals surface area contributed by atoms with Gasteiger partial charge in [0.25, 0.3) is 5.91 Å². The van der Waals surface area contributed by atoms with Gasteiger partial charge in [-0.3, -0.25) is 9.78 Å². The number of halogens is 1. The summed E-state index contributed by atoms with van der Waals surface area (Å²) in [6.07, 6.45) is 3.18. The molecule has 1 heterocycles. The average Bonchev–Trinajstić information content (AvgIpc) is 2.69. The molecule has 0 radical (unpaired) electrons. The molecule has 0 aliphatic carbocycles. The number of anilines is 1. The van der Waals surface area contributed by atoms with E-state index in [0.717, 1.165) is 21.3 Å². The van der Waals surface area contributed by atoms with E-state index in [-0.39, 0.29) is 17.7 Å². The topological polar surface area (TPSA) is 74.2 Å². The number of aromatic hydroxyl groups is 1. The second-order valence-corrected chi connectivity index (χ2v) is 7.11. The fourth-order valence-corrected chi connectivity index (χ4v) is 3.04. The van der Waals surface area contributed by atoms with Crippen LogP contribution >= 0.6 is 15.9 Å². The van der Waals surface area contributed by atoms with E-state index in [9.17, 15) is 9.90 Å². The van der Waals surface area contributed by atoms with Gasteiger partial charge in [-0.15, -0.1) is 0 Å². The zero-order chi connectivity index (χ0) is 19.2. The Morgan fingerprint density at radius 2 is 1.81 bits per heavy atom. The number of pyridine rings is 1. The summed E-state index contributed by atoms with van der Waals surface area (Å²) in [6.45, 7) is 2.65. The van der Waals surface area contributed by atoms with Crippen LogP contribution in [0.15, 0.2) is 71.5 Å². The highest BCUT2D eigenvalue weighted by atomic mass is 79.9. The molecule has 6 heteroatoms. The molecular weight excluding hydrogens is 406 g/mol. The number of benzene rings is 2. The number of amides is 1. The Morgan fingerprint density at radius 3 is 2.52 bits per heavy atom. The standard InChI is InChI=1S/C21H20BrN3O2/c1-14(19-12-17(22)4-7-20(19)26)24-13-15-2-5-18(6-3-15)25-21(27)16-8-10-23-11-9-16/h2-12,14,24,26H,13H2,1H3,(H,25,27). The number of hydrogen-bond donors (Lipinski definition) is 3. The quantitative estimate of drug-likeness (QED) is 0.537. The normalized spacial score (nSPS) is 11.8. The van der Waals surface area contributed by atoms with Crippen LogP contribution in [0, 0.1) is 0 Å². The van der Waals surface area contributed by atoms with Gasteiger partial charge >= 0.3 is 0 Å². The third-order valence-electron chi connectivity index (χ3n) is 4.22. The highest BCUT2D eigenvalue weighted by molar-refractivity contribution is 9.10. The van der Waals surface area contributed by atoms with Crippen LogP contribution < -0.4 is 10.6 Å². The number of phenolic OH excluding ortho intramolecular Hbond substituents is 1. The number of hydrogen-bond acceptors (Lipinski definition) is 4. The van der Waals surface area contributed by atoms with Crippen molar-refractivity contribution in [3.63, 3.8) is 0 Å². The summed E-state index contributed by atoms with van der Waals surface area (Å²) in [5, 5.41) is 16.3. The number of carbonyl (C=O) groups is 1. The zero-order valence-electron chi connectivity index (χ0n) is 14.8. The maximum Gasteiger partial charge on any atom is 0.255 e. The van der Waals surface area contributed by atoms with E-state index in [2.05, 4.69) is 31.5 Å². The lowest BCUT2D eigenvalue weighted by molar-refractivity contribution is 0.102. The van der Waals surface area contributed by atoms with E-state index in [1.54, 1.807) is 30.6 Å². The lowest BCUT2D eigenvalue weighted by Crippen LogP contribution is -2.18. The number of nitrogens with zero attached hydrogens (tertiary/aromatic N) is 1. The van der Waals surface area contributed by atoms with Gasteiger partial charge in [-0.25, -0.2) is 0 Å². The average molecular weight is 426 g/mol. The largest absolute Gasteiger partial charge is 0.508 e. The molecule has 1 unspecified atom stereocenters. The summed E-state index contributed by atoms with van der Waals surface area (Å²) >= 11 is 3.43. The molecule has 3 N–H and O–H groups in total. The predicted molar refractivity (Wildman–Crippen MR) is 110 cm³/mol. The highest BCUT2D eigenvalue weighted by Gasteiger charge is 2.11. The second-order valence-electron chi connectivity index (χ2n) is 6.19. The molecule has 27 heavy (non-hydrogen) atoms.